The average molecular weight is 305 g/mol. The largest absolute Gasteiger partial charge is 0.478 e. The maximum absolute atomic E-state index is 11.5. The first-order chi connectivity index (χ1) is 11.2. The molecule has 2 aromatic carbocycles. The molecule has 114 valence electrons. The summed E-state index contributed by atoms with van der Waals surface area (Å²) in [4.78, 5) is 15.7. The minimum absolute atomic E-state index is 0.105. The molecular weight excluding hydrogens is 290 g/mol. The number of aromatic nitrogens is 1. The van der Waals surface area contributed by atoms with Crippen molar-refractivity contribution in [2.75, 3.05) is 0 Å². The van der Waals surface area contributed by atoms with Gasteiger partial charge in [0, 0.05) is 11.8 Å². The zero-order valence-corrected chi connectivity index (χ0v) is 12.3. The highest BCUT2D eigenvalue weighted by molar-refractivity contribution is 5.92. The summed E-state index contributed by atoms with van der Waals surface area (Å²) in [7, 11) is 0. The molecule has 3 rings (SSSR count). The molecule has 0 saturated carbocycles. The van der Waals surface area contributed by atoms with Crippen LogP contribution in [0.5, 0.6) is 0 Å². The Morgan fingerprint density at radius 2 is 1.70 bits per heavy atom. The third kappa shape index (κ3) is 3.12. The molecule has 23 heavy (non-hydrogen) atoms. The van der Waals surface area contributed by atoms with Gasteiger partial charge in [-0.15, -0.1) is 0 Å². The van der Waals surface area contributed by atoms with E-state index in [0.29, 0.717) is 5.69 Å². The van der Waals surface area contributed by atoms with Crippen molar-refractivity contribution in [2.45, 2.75) is 6.61 Å². The number of aromatic carboxylic acids is 1. The van der Waals surface area contributed by atoms with Crippen molar-refractivity contribution < 1.29 is 15.0 Å². The molecule has 4 nitrogen and oxygen atoms in total. The van der Waals surface area contributed by atoms with E-state index >= 15 is 0 Å². The Hall–Kier alpha value is -2.98. The highest BCUT2D eigenvalue weighted by Gasteiger charge is 2.12. The van der Waals surface area contributed by atoms with Crippen LogP contribution < -0.4 is 0 Å². The normalized spacial score (nSPS) is 10.5. The molecule has 0 aliphatic rings. The Kier molecular flexibility index (Phi) is 4.17. The topological polar surface area (TPSA) is 70.4 Å². The number of carboxylic acids is 1. The van der Waals surface area contributed by atoms with Crippen LogP contribution in [0.25, 0.3) is 22.4 Å². The summed E-state index contributed by atoms with van der Waals surface area (Å²) in [5.41, 5.74) is 3.94. The number of hydrogen-bond acceptors (Lipinski definition) is 3. The summed E-state index contributed by atoms with van der Waals surface area (Å²) in [6.45, 7) is -0.105. The fraction of sp³-hybridized carbons (Fsp3) is 0.0526. The Morgan fingerprint density at radius 3 is 2.39 bits per heavy atom. The van der Waals surface area contributed by atoms with Gasteiger partial charge < -0.3 is 10.2 Å². The second-order valence-electron chi connectivity index (χ2n) is 5.13. The van der Waals surface area contributed by atoms with Gasteiger partial charge in [-0.1, -0.05) is 30.3 Å². The van der Waals surface area contributed by atoms with Gasteiger partial charge in [0.1, 0.15) is 0 Å². The third-order valence-corrected chi connectivity index (χ3v) is 3.64. The summed E-state index contributed by atoms with van der Waals surface area (Å²) in [6.07, 6.45) is 1.67. The van der Waals surface area contributed by atoms with Crippen LogP contribution in [0.15, 0.2) is 66.9 Å². The third-order valence-electron chi connectivity index (χ3n) is 3.64. The highest BCUT2D eigenvalue weighted by atomic mass is 16.4. The summed E-state index contributed by atoms with van der Waals surface area (Å²) in [5, 5.41) is 18.9. The van der Waals surface area contributed by atoms with Gasteiger partial charge in [0.25, 0.3) is 0 Å². The standard InChI is InChI=1S/C19H15NO3/c21-12-13-5-1-2-6-17(13)14-9-15(11-16(10-14)19(22)23)18-7-3-4-8-20-18/h1-11,21H,12H2,(H,22,23). The van der Waals surface area contributed by atoms with Crippen molar-refractivity contribution in [3.05, 3.63) is 78.0 Å². The lowest BCUT2D eigenvalue weighted by Crippen LogP contribution is -1.99. The average Bonchev–Trinajstić information content (AvgIpc) is 2.62. The second-order valence-corrected chi connectivity index (χ2v) is 5.13. The number of nitrogens with zero attached hydrogens (tertiary/aromatic N) is 1. The maximum Gasteiger partial charge on any atom is 0.335 e. The van der Waals surface area contributed by atoms with Gasteiger partial charge in [-0.25, -0.2) is 4.79 Å². The van der Waals surface area contributed by atoms with Crippen molar-refractivity contribution in [1.82, 2.24) is 4.98 Å². The molecule has 1 heterocycles. The van der Waals surface area contributed by atoms with E-state index in [9.17, 15) is 15.0 Å². The first kappa shape index (κ1) is 14.9. The van der Waals surface area contributed by atoms with E-state index in [0.717, 1.165) is 22.3 Å². The number of carbonyl (C=O) groups is 1. The molecule has 0 bridgehead atoms. The monoisotopic (exact) mass is 305 g/mol. The predicted octanol–water partition coefficient (Wildman–Crippen LogP) is 3.61. The van der Waals surface area contributed by atoms with E-state index in [1.807, 2.05) is 48.5 Å². The number of pyridine rings is 1. The summed E-state index contributed by atoms with van der Waals surface area (Å²) in [5.74, 6) is -0.995. The van der Waals surface area contributed by atoms with E-state index < -0.39 is 5.97 Å². The molecule has 0 radical (unpaired) electrons. The van der Waals surface area contributed by atoms with Gasteiger partial charge in [0.2, 0.25) is 0 Å². The fourth-order valence-electron chi connectivity index (χ4n) is 2.53. The van der Waals surface area contributed by atoms with Gasteiger partial charge in [-0.05, 0) is 47.0 Å². The van der Waals surface area contributed by atoms with E-state index in [1.165, 1.54) is 0 Å². The number of benzene rings is 2. The minimum Gasteiger partial charge on any atom is -0.478 e. The van der Waals surface area contributed by atoms with Crippen molar-refractivity contribution in [3.8, 4) is 22.4 Å². The van der Waals surface area contributed by atoms with Crippen LogP contribution in [-0.4, -0.2) is 21.2 Å². The Bertz CT molecular complexity index is 844. The summed E-state index contributed by atoms with van der Waals surface area (Å²) >= 11 is 0. The van der Waals surface area contributed by atoms with Crippen molar-refractivity contribution >= 4 is 5.97 Å². The van der Waals surface area contributed by atoms with Crippen LogP contribution >= 0.6 is 0 Å². The predicted molar refractivity (Wildman–Crippen MR) is 88.0 cm³/mol. The van der Waals surface area contributed by atoms with Gasteiger partial charge in [0.15, 0.2) is 0 Å². The highest BCUT2D eigenvalue weighted by Crippen LogP contribution is 2.29. The molecule has 0 unspecified atom stereocenters. The van der Waals surface area contributed by atoms with E-state index in [1.54, 1.807) is 18.3 Å². The lowest BCUT2D eigenvalue weighted by molar-refractivity contribution is 0.0697. The van der Waals surface area contributed by atoms with Crippen LogP contribution in [0.1, 0.15) is 15.9 Å². The zero-order chi connectivity index (χ0) is 16.2. The molecule has 0 saturated heterocycles. The van der Waals surface area contributed by atoms with E-state index in [4.69, 9.17) is 0 Å². The van der Waals surface area contributed by atoms with Crippen LogP contribution in [0.4, 0.5) is 0 Å². The Labute approximate surface area is 133 Å². The number of carboxylic acid groups (broad SMARTS) is 1. The number of rotatable bonds is 4. The number of hydrogen-bond donors (Lipinski definition) is 2. The van der Waals surface area contributed by atoms with E-state index in [2.05, 4.69) is 4.98 Å². The van der Waals surface area contributed by atoms with Crippen molar-refractivity contribution in [2.24, 2.45) is 0 Å². The van der Waals surface area contributed by atoms with Gasteiger partial charge in [0.05, 0.1) is 17.9 Å². The van der Waals surface area contributed by atoms with Crippen molar-refractivity contribution in [1.29, 1.82) is 0 Å². The lowest BCUT2D eigenvalue weighted by atomic mass is 9.95. The molecule has 0 atom stereocenters. The number of aliphatic hydroxyl groups excluding tert-OH is 1. The first-order valence-electron chi connectivity index (χ1n) is 7.18. The smallest absolute Gasteiger partial charge is 0.335 e. The first-order valence-corrected chi connectivity index (χ1v) is 7.18. The molecule has 0 amide bonds. The van der Waals surface area contributed by atoms with Gasteiger partial charge in [-0.2, -0.15) is 0 Å². The fourth-order valence-corrected chi connectivity index (χ4v) is 2.53. The maximum atomic E-state index is 11.5. The lowest BCUT2D eigenvalue weighted by Gasteiger charge is -2.11. The molecule has 0 fully saturated rings. The molecule has 4 heteroatoms. The number of aliphatic hydroxyl groups is 1. The minimum atomic E-state index is -0.995. The summed E-state index contributed by atoms with van der Waals surface area (Å²) in [6, 6.07) is 18.0. The quantitative estimate of drug-likeness (QED) is 0.772. The molecule has 3 aromatic rings. The molecule has 1 aromatic heterocycles. The molecule has 0 spiro atoms. The molecule has 2 N–H and O–H groups in total. The van der Waals surface area contributed by atoms with Crippen LogP contribution in [0.3, 0.4) is 0 Å². The van der Waals surface area contributed by atoms with E-state index in [-0.39, 0.29) is 12.2 Å². The summed E-state index contributed by atoms with van der Waals surface area (Å²) < 4.78 is 0. The van der Waals surface area contributed by atoms with Crippen LogP contribution in [0.2, 0.25) is 0 Å². The van der Waals surface area contributed by atoms with Crippen LogP contribution in [0, 0.1) is 0 Å². The zero-order valence-electron chi connectivity index (χ0n) is 12.3. The van der Waals surface area contributed by atoms with Crippen molar-refractivity contribution in [3.63, 3.8) is 0 Å². The van der Waals surface area contributed by atoms with Gasteiger partial charge >= 0.3 is 5.97 Å². The Balaban J connectivity index is 2.21. The van der Waals surface area contributed by atoms with Gasteiger partial charge in [-0.3, -0.25) is 4.98 Å². The Morgan fingerprint density at radius 1 is 0.957 bits per heavy atom. The molecule has 0 aliphatic carbocycles. The SMILES string of the molecule is O=C(O)c1cc(-c2ccccn2)cc(-c2ccccc2CO)c1. The second kappa shape index (κ2) is 6.42. The van der Waals surface area contributed by atoms with Crippen LogP contribution in [-0.2, 0) is 6.61 Å². The molecule has 0 aliphatic heterocycles. The molecular formula is C19H15NO3.